The molecule has 34 heavy (non-hydrogen) atoms. The standard InChI is InChI=1S/C24H25FN6O3/c25-20-4-2-1-3-18(20)12-29-13-19(11-26-29)27-23(32)22-21(31(33)34)14-30(28-22)24-8-15-5-16(9-24)7-17(6-15)10-24/h1-4,11,13-17H,5-10,12H2,(H,27,32). The van der Waals surface area contributed by atoms with E-state index in [1.807, 2.05) is 0 Å². The van der Waals surface area contributed by atoms with Crippen LogP contribution in [0.5, 0.6) is 0 Å². The summed E-state index contributed by atoms with van der Waals surface area (Å²) in [4.78, 5) is 24.3. The van der Waals surface area contributed by atoms with Gasteiger partial charge < -0.3 is 5.32 Å². The third-order valence-electron chi connectivity index (χ3n) is 7.78. The SMILES string of the molecule is O=C(Nc1cnn(Cc2ccccc2F)c1)c1nn(C23CC4CC(CC(C4)C2)C3)cc1[N+](=O)[O-]. The number of amides is 1. The maximum Gasteiger partial charge on any atom is 0.320 e. The topological polar surface area (TPSA) is 108 Å². The number of carbonyl (C=O) groups is 1. The van der Waals surface area contributed by atoms with E-state index in [2.05, 4.69) is 15.5 Å². The smallest absolute Gasteiger partial charge is 0.318 e. The largest absolute Gasteiger partial charge is 0.320 e. The third-order valence-corrected chi connectivity index (χ3v) is 7.78. The predicted octanol–water partition coefficient (Wildman–Crippen LogP) is 4.35. The van der Waals surface area contributed by atoms with Crippen LogP contribution in [0.3, 0.4) is 0 Å². The van der Waals surface area contributed by atoms with Crippen LogP contribution in [-0.2, 0) is 12.1 Å². The van der Waals surface area contributed by atoms with Gasteiger partial charge in [0.25, 0.3) is 5.91 Å². The van der Waals surface area contributed by atoms with E-state index >= 15 is 0 Å². The van der Waals surface area contributed by atoms with Crippen molar-refractivity contribution in [1.29, 1.82) is 0 Å². The fourth-order valence-electron chi connectivity index (χ4n) is 6.75. The Kier molecular flexibility index (Phi) is 4.79. The van der Waals surface area contributed by atoms with Crippen molar-refractivity contribution in [2.24, 2.45) is 17.8 Å². The van der Waals surface area contributed by atoms with E-state index in [1.54, 1.807) is 29.1 Å². The van der Waals surface area contributed by atoms with Crippen LogP contribution in [0.4, 0.5) is 15.8 Å². The second-order valence-corrected chi connectivity index (χ2v) is 10.2. The van der Waals surface area contributed by atoms with E-state index in [1.165, 1.54) is 42.4 Å². The number of rotatable bonds is 6. The summed E-state index contributed by atoms with van der Waals surface area (Å²) in [6, 6.07) is 6.39. The molecule has 0 aliphatic heterocycles. The van der Waals surface area contributed by atoms with Crippen molar-refractivity contribution in [2.45, 2.75) is 50.6 Å². The average molecular weight is 465 g/mol. The normalized spacial score (nSPS) is 27.1. The Balaban J connectivity index is 1.23. The Labute approximate surface area is 195 Å². The molecule has 176 valence electrons. The van der Waals surface area contributed by atoms with Gasteiger partial charge in [0.2, 0.25) is 5.69 Å². The lowest BCUT2D eigenvalue weighted by Crippen LogP contribution is -2.52. The Morgan fingerprint density at radius 2 is 1.82 bits per heavy atom. The zero-order valence-electron chi connectivity index (χ0n) is 18.6. The van der Waals surface area contributed by atoms with Crippen LogP contribution in [-0.4, -0.2) is 30.4 Å². The van der Waals surface area contributed by atoms with Gasteiger partial charge in [-0.05, 0) is 62.3 Å². The van der Waals surface area contributed by atoms with Crippen molar-refractivity contribution in [1.82, 2.24) is 19.6 Å². The van der Waals surface area contributed by atoms with Gasteiger partial charge in [-0.1, -0.05) is 18.2 Å². The second-order valence-electron chi connectivity index (χ2n) is 10.2. The first-order valence-corrected chi connectivity index (χ1v) is 11.7. The Hall–Kier alpha value is -3.56. The summed E-state index contributed by atoms with van der Waals surface area (Å²) in [5.41, 5.74) is 0.130. The molecule has 10 heteroatoms. The van der Waals surface area contributed by atoms with Gasteiger partial charge >= 0.3 is 5.69 Å². The van der Waals surface area contributed by atoms with Crippen molar-refractivity contribution < 1.29 is 14.1 Å². The van der Waals surface area contributed by atoms with Gasteiger partial charge in [-0.15, -0.1) is 0 Å². The zero-order chi connectivity index (χ0) is 23.4. The van der Waals surface area contributed by atoms with Crippen LogP contribution in [0.15, 0.2) is 42.9 Å². The molecule has 2 aromatic heterocycles. The number of hydrogen-bond acceptors (Lipinski definition) is 5. The fourth-order valence-corrected chi connectivity index (χ4v) is 6.75. The minimum absolute atomic E-state index is 0.192. The molecule has 9 nitrogen and oxygen atoms in total. The average Bonchev–Trinajstić information content (AvgIpc) is 3.42. The number of nitrogens with one attached hydrogen (secondary N) is 1. The van der Waals surface area contributed by atoms with E-state index in [-0.39, 0.29) is 29.3 Å². The van der Waals surface area contributed by atoms with Crippen LogP contribution in [0.2, 0.25) is 0 Å². The van der Waals surface area contributed by atoms with Crippen molar-refractivity contribution in [3.63, 3.8) is 0 Å². The minimum Gasteiger partial charge on any atom is -0.318 e. The molecule has 2 heterocycles. The van der Waals surface area contributed by atoms with Gasteiger partial charge in [-0.3, -0.25) is 24.3 Å². The highest BCUT2D eigenvalue weighted by Gasteiger charge is 2.53. The van der Waals surface area contributed by atoms with E-state index in [9.17, 15) is 19.3 Å². The Morgan fingerprint density at radius 3 is 2.47 bits per heavy atom. The first-order chi connectivity index (χ1) is 16.4. The molecule has 4 bridgehead atoms. The monoisotopic (exact) mass is 464 g/mol. The maximum atomic E-state index is 13.9. The van der Waals surface area contributed by atoms with Crippen molar-refractivity contribution >= 4 is 17.3 Å². The predicted molar refractivity (Wildman–Crippen MR) is 121 cm³/mol. The van der Waals surface area contributed by atoms with Crippen molar-refractivity contribution in [3.05, 3.63) is 70.0 Å². The Morgan fingerprint density at radius 1 is 1.15 bits per heavy atom. The number of aromatic nitrogens is 4. The van der Waals surface area contributed by atoms with Crippen LogP contribution in [0.1, 0.15) is 54.6 Å². The molecule has 4 aliphatic rings. The van der Waals surface area contributed by atoms with E-state index in [4.69, 9.17) is 0 Å². The highest BCUT2D eigenvalue weighted by atomic mass is 19.1. The number of hydrogen-bond donors (Lipinski definition) is 1. The summed E-state index contributed by atoms with van der Waals surface area (Å²) < 4.78 is 17.1. The van der Waals surface area contributed by atoms with Gasteiger partial charge in [0.05, 0.1) is 28.9 Å². The summed E-state index contributed by atoms with van der Waals surface area (Å²) in [6.45, 7) is 0.198. The summed E-state index contributed by atoms with van der Waals surface area (Å²) >= 11 is 0. The molecular weight excluding hydrogens is 439 g/mol. The van der Waals surface area contributed by atoms with Crippen molar-refractivity contribution in [2.75, 3.05) is 5.32 Å². The molecule has 7 rings (SSSR count). The van der Waals surface area contributed by atoms with Crippen LogP contribution >= 0.6 is 0 Å². The van der Waals surface area contributed by atoms with Gasteiger partial charge in [0.1, 0.15) is 12.0 Å². The zero-order valence-corrected chi connectivity index (χ0v) is 18.6. The van der Waals surface area contributed by atoms with E-state index < -0.39 is 10.8 Å². The first kappa shape index (κ1) is 21.0. The summed E-state index contributed by atoms with van der Waals surface area (Å²) in [7, 11) is 0. The van der Waals surface area contributed by atoms with Gasteiger partial charge in [0.15, 0.2) is 0 Å². The van der Waals surface area contributed by atoms with Crippen LogP contribution in [0.25, 0.3) is 0 Å². The first-order valence-electron chi connectivity index (χ1n) is 11.7. The molecule has 0 radical (unpaired) electrons. The number of benzene rings is 1. The lowest BCUT2D eigenvalue weighted by molar-refractivity contribution is -0.385. The molecule has 4 aliphatic carbocycles. The fraction of sp³-hybridized carbons (Fsp3) is 0.458. The number of nitro groups is 1. The number of nitrogens with zero attached hydrogens (tertiary/aromatic N) is 5. The molecule has 4 saturated carbocycles. The quantitative estimate of drug-likeness (QED) is 0.431. The molecule has 4 fully saturated rings. The lowest BCUT2D eigenvalue weighted by Gasteiger charge is -2.56. The van der Waals surface area contributed by atoms with Crippen LogP contribution in [0, 0.1) is 33.7 Å². The number of halogens is 1. The molecule has 0 unspecified atom stereocenters. The summed E-state index contributed by atoms with van der Waals surface area (Å²) in [6.07, 6.45) is 11.1. The molecule has 1 aromatic carbocycles. The molecule has 1 N–H and O–H groups in total. The van der Waals surface area contributed by atoms with Crippen LogP contribution < -0.4 is 5.32 Å². The second kappa shape index (κ2) is 7.75. The van der Waals surface area contributed by atoms with E-state index in [0.29, 0.717) is 29.0 Å². The minimum atomic E-state index is -0.652. The highest BCUT2D eigenvalue weighted by molar-refractivity contribution is 6.05. The lowest BCUT2D eigenvalue weighted by atomic mass is 9.53. The molecule has 0 saturated heterocycles. The molecule has 3 aromatic rings. The summed E-state index contributed by atoms with van der Waals surface area (Å²) in [5, 5.41) is 23.1. The Bertz CT molecular complexity index is 1250. The number of anilines is 1. The van der Waals surface area contributed by atoms with Crippen molar-refractivity contribution in [3.8, 4) is 0 Å². The van der Waals surface area contributed by atoms with E-state index in [0.717, 1.165) is 19.3 Å². The number of carbonyl (C=O) groups excluding carboxylic acids is 1. The maximum absolute atomic E-state index is 13.9. The van der Waals surface area contributed by atoms with Gasteiger partial charge in [-0.25, -0.2) is 4.39 Å². The van der Waals surface area contributed by atoms with Gasteiger partial charge in [0, 0.05) is 11.8 Å². The molecule has 0 atom stereocenters. The summed E-state index contributed by atoms with van der Waals surface area (Å²) in [5.74, 6) is 0.946. The third kappa shape index (κ3) is 3.57. The molecule has 0 spiro atoms. The molecular formula is C24H25FN6O3. The molecule has 1 amide bonds. The van der Waals surface area contributed by atoms with Gasteiger partial charge in [-0.2, -0.15) is 10.2 Å². The highest BCUT2D eigenvalue weighted by Crippen LogP contribution is 2.58.